The second-order valence-corrected chi connectivity index (χ2v) is 18.0. The number of rotatable bonds is 19. The van der Waals surface area contributed by atoms with Crippen molar-refractivity contribution >= 4 is 78.0 Å². The summed E-state index contributed by atoms with van der Waals surface area (Å²) in [5, 5.41) is 5.92. The van der Waals surface area contributed by atoms with Crippen molar-refractivity contribution in [1.29, 1.82) is 0 Å². The first kappa shape index (κ1) is 51.9. The molecule has 4 aromatic rings. The molecule has 2 amide bonds. The topological polar surface area (TPSA) is 171 Å². The van der Waals surface area contributed by atoms with Gasteiger partial charge in [-0.3, -0.25) is 24.4 Å². The molecule has 3 heterocycles. The van der Waals surface area contributed by atoms with Crippen LogP contribution in [0.5, 0.6) is 5.75 Å². The number of nitrogens with zero attached hydrogens (tertiary/aromatic N) is 7. The van der Waals surface area contributed by atoms with Gasteiger partial charge in [-0.2, -0.15) is 0 Å². The van der Waals surface area contributed by atoms with Gasteiger partial charge < -0.3 is 39.3 Å². The van der Waals surface area contributed by atoms with Crippen molar-refractivity contribution in [3.05, 3.63) is 88.8 Å². The molecule has 1 spiro atoms. The second kappa shape index (κ2) is 24.6. The fraction of sp³-hybridized carbons (Fsp3) is 0.429. The number of carbonyl (C=O) groups excluding carboxylic acids is 5. The molecule has 0 saturated carbocycles. The fourth-order valence-corrected chi connectivity index (χ4v) is 9.32. The molecule has 2 fully saturated rings. The summed E-state index contributed by atoms with van der Waals surface area (Å²) in [6, 6.07) is 14.5. The van der Waals surface area contributed by atoms with E-state index in [1.165, 1.54) is 30.1 Å². The van der Waals surface area contributed by atoms with E-state index in [1.807, 2.05) is 56.8 Å². The number of likely N-dealkylation sites (tertiary alicyclic amines) is 1. The zero-order valence-electron chi connectivity index (χ0n) is 39.1. The van der Waals surface area contributed by atoms with Crippen molar-refractivity contribution in [2.45, 2.75) is 76.3 Å². The lowest BCUT2D eigenvalue weighted by atomic mass is 9.71. The Kier molecular flexibility index (Phi) is 19.0. The minimum atomic E-state index is -0.865. The number of aromatic nitrogens is 2. The number of aryl methyl sites for hydroxylation is 1. The van der Waals surface area contributed by atoms with Crippen LogP contribution in [0.4, 0.5) is 14.5 Å². The molecule has 2 aliphatic rings. The van der Waals surface area contributed by atoms with Gasteiger partial charge in [-0.25, -0.2) is 18.1 Å². The largest absolute Gasteiger partial charge is 0.483 e. The number of anilines is 1. The van der Waals surface area contributed by atoms with Crippen molar-refractivity contribution in [3.8, 4) is 5.75 Å². The molecule has 2 N–H and O–H groups in total. The van der Waals surface area contributed by atoms with Crippen molar-refractivity contribution in [3.63, 3.8) is 0 Å². The number of amides is 2. The Hall–Kier alpha value is -6.11. The van der Waals surface area contributed by atoms with E-state index in [1.54, 1.807) is 35.9 Å². The van der Waals surface area contributed by atoms with Gasteiger partial charge in [-0.1, -0.05) is 12.1 Å². The number of nitrogens with one attached hydrogen (secondary N) is 2. The third kappa shape index (κ3) is 13.1. The summed E-state index contributed by atoms with van der Waals surface area (Å²) < 4.78 is 40.4. The molecule has 358 valence electrons. The van der Waals surface area contributed by atoms with Crippen molar-refractivity contribution in [2.24, 2.45) is 15.4 Å². The Bertz CT molecular complexity index is 2440. The predicted octanol–water partition coefficient (Wildman–Crippen LogP) is 7.60. The molecule has 0 aliphatic carbocycles. The Labute approximate surface area is 395 Å². The van der Waals surface area contributed by atoms with Crippen molar-refractivity contribution in [1.82, 2.24) is 29.0 Å². The first-order chi connectivity index (χ1) is 32.2. The molecule has 1 unspecified atom stereocenters. The number of likely N-dealkylation sites (N-methyl/N-ethyl adjacent to an activating group) is 1. The molecule has 6 rings (SSSR count). The van der Waals surface area contributed by atoms with Gasteiger partial charge in [-0.15, -0.1) is 0 Å². The van der Waals surface area contributed by atoms with Gasteiger partial charge in [0.05, 0.1) is 23.3 Å². The molecular formula is C49H61F2N9O6S. The summed E-state index contributed by atoms with van der Waals surface area (Å²) in [5.41, 5.74) is 1.89. The Morgan fingerprint density at radius 2 is 1.70 bits per heavy atom. The van der Waals surface area contributed by atoms with Crippen LogP contribution in [0.15, 0.2) is 75.3 Å². The maximum absolute atomic E-state index is 15.3. The molecule has 2 saturated heterocycles. The van der Waals surface area contributed by atoms with Crippen LogP contribution >= 0.6 is 11.9 Å². The highest BCUT2D eigenvalue weighted by atomic mass is 32.2. The molecule has 18 heteroatoms. The van der Waals surface area contributed by atoms with Crippen molar-refractivity contribution < 1.29 is 37.5 Å². The van der Waals surface area contributed by atoms with Crippen LogP contribution in [0.2, 0.25) is 0 Å². The zero-order chi connectivity index (χ0) is 48.7. The van der Waals surface area contributed by atoms with E-state index in [4.69, 9.17) is 4.74 Å². The average Bonchev–Trinajstić information content (AvgIpc) is 3.67. The Morgan fingerprint density at radius 1 is 1.03 bits per heavy atom. The van der Waals surface area contributed by atoms with E-state index in [2.05, 4.69) is 36.6 Å². The Balaban J connectivity index is 0.00000273. The maximum Gasteiger partial charge on any atom is 0.260 e. The van der Waals surface area contributed by atoms with E-state index >= 15 is 8.78 Å². The summed E-state index contributed by atoms with van der Waals surface area (Å²) in [6.07, 6.45) is 6.82. The molecule has 1 aromatic heterocycles. The molecular weight excluding hydrogens is 881 g/mol. The van der Waals surface area contributed by atoms with Gasteiger partial charge in [0, 0.05) is 67.4 Å². The lowest BCUT2D eigenvalue weighted by molar-refractivity contribution is -0.136. The highest BCUT2D eigenvalue weighted by Crippen LogP contribution is 2.43. The van der Waals surface area contributed by atoms with Crippen LogP contribution in [0.3, 0.4) is 0 Å². The number of benzene rings is 3. The minimum Gasteiger partial charge on any atom is -0.483 e. The van der Waals surface area contributed by atoms with Gasteiger partial charge >= 0.3 is 0 Å². The maximum atomic E-state index is 15.3. The third-order valence-corrected chi connectivity index (χ3v) is 13.1. The number of piperidine rings is 2. The fourth-order valence-electron chi connectivity index (χ4n) is 8.40. The number of aldehydes is 3. The number of carbonyl (C=O) groups is 5. The number of ether oxygens (including phenoxy) is 1. The smallest absolute Gasteiger partial charge is 0.260 e. The van der Waals surface area contributed by atoms with Gasteiger partial charge in [-0.05, 0) is 134 Å². The van der Waals surface area contributed by atoms with Crippen molar-refractivity contribution in [2.75, 3.05) is 65.9 Å². The number of halogens is 2. The van der Waals surface area contributed by atoms with E-state index < -0.39 is 23.6 Å². The predicted molar refractivity (Wildman–Crippen MR) is 260 cm³/mol. The van der Waals surface area contributed by atoms with Crippen LogP contribution in [0.25, 0.3) is 16.7 Å². The summed E-state index contributed by atoms with van der Waals surface area (Å²) in [7, 11) is 5.17. The first-order valence-corrected chi connectivity index (χ1v) is 23.1. The highest BCUT2D eigenvalue weighted by molar-refractivity contribution is 7.97. The molecule has 67 heavy (non-hydrogen) atoms. The van der Waals surface area contributed by atoms with Crippen LogP contribution in [-0.4, -0.2) is 134 Å². The molecule has 1 atom stereocenters. The van der Waals surface area contributed by atoms with Crippen LogP contribution in [0.1, 0.15) is 90.5 Å². The summed E-state index contributed by atoms with van der Waals surface area (Å²) in [6.45, 7) is 12.0. The normalized spacial score (nSPS) is 15.7. The van der Waals surface area contributed by atoms with Crippen LogP contribution < -0.4 is 15.4 Å². The van der Waals surface area contributed by atoms with E-state index in [0.717, 1.165) is 55.6 Å². The van der Waals surface area contributed by atoms with Gasteiger partial charge in [0.1, 0.15) is 42.0 Å². The van der Waals surface area contributed by atoms with Gasteiger partial charge in [0.2, 0.25) is 0 Å². The quantitative estimate of drug-likeness (QED) is 0.0539. The monoisotopic (exact) mass is 941 g/mol. The average molecular weight is 942 g/mol. The Morgan fingerprint density at radius 3 is 2.31 bits per heavy atom. The highest BCUT2D eigenvalue weighted by Gasteiger charge is 2.39. The number of hydrogen-bond acceptors (Lipinski definition) is 13. The zero-order valence-corrected chi connectivity index (χ0v) is 39.9. The van der Waals surface area contributed by atoms with Gasteiger partial charge in [0.15, 0.2) is 24.5 Å². The lowest BCUT2D eigenvalue weighted by Gasteiger charge is -2.46. The molecule has 0 radical (unpaired) electrons. The first-order valence-electron chi connectivity index (χ1n) is 22.3. The van der Waals surface area contributed by atoms with E-state index in [0.29, 0.717) is 43.3 Å². The number of hydrogen-bond donors (Lipinski definition) is 2. The van der Waals surface area contributed by atoms with E-state index in [9.17, 15) is 24.0 Å². The number of allylic oxidation sites excluding steroid dienone is 1. The summed E-state index contributed by atoms with van der Waals surface area (Å²) >= 11 is 1.70. The van der Waals surface area contributed by atoms with Gasteiger partial charge in [0.25, 0.3) is 11.8 Å². The molecule has 0 bridgehead atoms. The summed E-state index contributed by atoms with van der Waals surface area (Å²) in [5.74, 6) is -1.41. The minimum absolute atomic E-state index is 0.0279. The number of imidazole rings is 1. The lowest BCUT2D eigenvalue weighted by Crippen LogP contribution is -2.48. The van der Waals surface area contributed by atoms with Crippen LogP contribution in [-0.2, 0) is 14.4 Å². The molecule has 15 nitrogen and oxygen atoms in total. The van der Waals surface area contributed by atoms with E-state index in [-0.39, 0.29) is 77.1 Å². The second-order valence-electron chi connectivity index (χ2n) is 16.9. The van der Waals surface area contributed by atoms with Crippen LogP contribution in [0, 0.1) is 18.2 Å². The molecule has 3 aromatic carbocycles. The number of fused-ring (bicyclic) bond motifs is 1. The SMILES string of the molecule is C=N/C(=C(F)\C=N/CNc1ccc(SN2CCC3(CC2)CCN(C(=O)COc2cccc(C=O)c2C(=O)N(C)C(C=O)CCC=O)CC3)cc1)c1cc(F)c2nc(C)n(C(C)C)c2c1.CNC. The third-order valence-electron chi connectivity index (χ3n) is 12.0. The molecule has 2 aliphatic heterocycles. The number of aliphatic imine (C=N–C) groups is 2. The summed E-state index contributed by atoms with van der Waals surface area (Å²) in [4.78, 5) is 77.6. The standard InChI is InChI=1S/C47H54F2N8O6S.C2H7N/c1-31(2)57-32(3)53-45-38(48)24-34(25-40(45)57)44(50-4)39(49)26-51-30-52-35-11-13-37(14-12-35)64-56-21-17-47(18-22-56)15-19-55(20-16-47)42(61)29-63-41-10-6-8-33(27-59)43(41)46(62)54(5)36(28-60)9-7-23-58;1-3-2/h6,8,10-14,23-28,31,36,52H,4,7,9,15-22,29-30H2,1-3,5H3;3H,1-2H3/b44-39+,51-26-;.